The molecule has 0 aliphatic rings. The Morgan fingerprint density at radius 1 is 1.39 bits per heavy atom. The first-order valence-corrected chi connectivity index (χ1v) is 5.80. The fraction of sp³-hybridized carbons (Fsp3) is 0.583. The topological polar surface area (TPSA) is 48.1 Å². The van der Waals surface area contributed by atoms with Crippen LogP contribution in [0, 0.1) is 0 Å². The fourth-order valence-electron chi connectivity index (χ4n) is 1.82. The Bertz CT molecular complexity index is 382. The van der Waals surface area contributed by atoms with Gasteiger partial charge in [0.2, 0.25) is 0 Å². The van der Waals surface area contributed by atoms with Crippen LogP contribution in [0.25, 0.3) is 0 Å². The average Bonchev–Trinajstić information content (AvgIpc) is 2.34. The quantitative estimate of drug-likeness (QED) is 0.887. The van der Waals surface area contributed by atoms with Gasteiger partial charge >= 0.3 is 6.18 Å². The van der Waals surface area contributed by atoms with Crippen LogP contribution in [-0.2, 0) is 10.9 Å². The lowest BCUT2D eigenvalue weighted by atomic mass is 9.97. The lowest BCUT2D eigenvalue weighted by Crippen LogP contribution is -2.30. The zero-order valence-corrected chi connectivity index (χ0v) is 10.4. The molecule has 0 fully saturated rings. The van der Waals surface area contributed by atoms with Crippen molar-refractivity contribution in [3.8, 4) is 0 Å². The third-order valence-corrected chi connectivity index (χ3v) is 2.70. The van der Waals surface area contributed by atoms with E-state index >= 15 is 0 Å². The van der Waals surface area contributed by atoms with Crippen LogP contribution in [0.1, 0.15) is 37.4 Å². The lowest BCUT2D eigenvalue weighted by Gasteiger charge is -2.25. The van der Waals surface area contributed by atoms with Gasteiger partial charge in [-0.2, -0.15) is 13.2 Å². The van der Waals surface area contributed by atoms with Gasteiger partial charge in [0.05, 0.1) is 17.7 Å². The molecular formula is C12H17F3N2O. The maximum atomic E-state index is 12.8. The van der Waals surface area contributed by atoms with Gasteiger partial charge in [0.1, 0.15) is 0 Å². The highest BCUT2D eigenvalue weighted by Crippen LogP contribution is 2.34. The number of rotatable bonds is 5. The third kappa shape index (κ3) is 3.43. The highest BCUT2D eigenvalue weighted by molar-refractivity contribution is 5.29. The summed E-state index contributed by atoms with van der Waals surface area (Å²) in [5, 5.41) is 0. The summed E-state index contributed by atoms with van der Waals surface area (Å²) in [5.74, 6) is 0. The molecular weight excluding hydrogens is 245 g/mol. The molecule has 102 valence electrons. The normalized spacial score (nSPS) is 15.4. The van der Waals surface area contributed by atoms with E-state index in [9.17, 15) is 13.2 Å². The van der Waals surface area contributed by atoms with Gasteiger partial charge in [-0.05, 0) is 19.4 Å². The van der Waals surface area contributed by atoms with E-state index in [1.54, 1.807) is 6.92 Å². The van der Waals surface area contributed by atoms with Crippen molar-refractivity contribution in [1.29, 1.82) is 0 Å². The van der Waals surface area contributed by atoms with Crippen molar-refractivity contribution in [2.45, 2.75) is 38.6 Å². The van der Waals surface area contributed by atoms with Crippen LogP contribution < -0.4 is 5.73 Å². The number of nitrogens with two attached hydrogens (primary N) is 1. The number of hydrogen-bond acceptors (Lipinski definition) is 3. The van der Waals surface area contributed by atoms with E-state index in [4.69, 9.17) is 10.5 Å². The third-order valence-electron chi connectivity index (χ3n) is 2.70. The van der Waals surface area contributed by atoms with E-state index in [0.29, 0.717) is 13.0 Å². The monoisotopic (exact) mass is 262 g/mol. The average molecular weight is 262 g/mol. The number of halogens is 3. The van der Waals surface area contributed by atoms with E-state index in [0.717, 1.165) is 18.5 Å². The molecule has 0 spiro atoms. The van der Waals surface area contributed by atoms with Crippen molar-refractivity contribution in [2.24, 2.45) is 5.73 Å². The molecule has 1 heterocycles. The highest BCUT2D eigenvalue weighted by Gasteiger charge is 2.36. The van der Waals surface area contributed by atoms with E-state index in [-0.39, 0.29) is 5.56 Å². The van der Waals surface area contributed by atoms with Crippen molar-refractivity contribution >= 4 is 0 Å². The summed E-state index contributed by atoms with van der Waals surface area (Å²) in [6.45, 7) is 4.01. The van der Waals surface area contributed by atoms with Crippen LogP contribution in [0.3, 0.4) is 0 Å². The second kappa shape index (κ2) is 6.15. The summed E-state index contributed by atoms with van der Waals surface area (Å²) >= 11 is 0. The minimum atomic E-state index is -4.43. The minimum absolute atomic E-state index is 0.0229. The number of pyridine rings is 1. The molecule has 1 aromatic heterocycles. The standard InChI is InChI=1S/C12H17F3N2O/c1-3-10(18-4-2)11(16)8-7-17-6-5-9(8)12(13,14)15/h5-7,10-11H,3-4,16H2,1-2H3. The second-order valence-corrected chi connectivity index (χ2v) is 3.89. The van der Waals surface area contributed by atoms with Gasteiger partial charge in [0.25, 0.3) is 0 Å². The van der Waals surface area contributed by atoms with Gasteiger partial charge in [0, 0.05) is 24.6 Å². The van der Waals surface area contributed by atoms with Crippen molar-refractivity contribution in [3.63, 3.8) is 0 Å². The molecule has 0 bridgehead atoms. The second-order valence-electron chi connectivity index (χ2n) is 3.89. The number of aromatic nitrogens is 1. The highest BCUT2D eigenvalue weighted by atomic mass is 19.4. The first-order chi connectivity index (χ1) is 8.41. The Morgan fingerprint density at radius 3 is 2.56 bits per heavy atom. The zero-order chi connectivity index (χ0) is 13.8. The van der Waals surface area contributed by atoms with E-state index < -0.39 is 23.9 Å². The molecule has 0 saturated heterocycles. The van der Waals surface area contributed by atoms with E-state index in [1.165, 1.54) is 0 Å². The van der Waals surface area contributed by atoms with E-state index in [2.05, 4.69) is 4.98 Å². The molecule has 0 aromatic carbocycles. The summed E-state index contributed by atoms with van der Waals surface area (Å²) in [4.78, 5) is 3.72. The fourth-order valence-corrected chi connectivity index (χ4v) is 1.82. The molecule has 0 aliphatic heterocycles. The molecule has 2 unspecified atom stereocenters. The van der Waals surface area contributed by atoms with Crippen LogP contribution in [0.5, 0.6) is 0 Å². The predicted octanol–water partition coefficient (Wildman–Crippen LogP) is 2.92. The first kappa shape index (κ1) is 14.9. The number of nitrogens with zero attached hydrogens (tertiary/aromatic N) is 1. The SMILES string of the molecule is CCOC(CC)C(N)c1cnccc1C(F)(F)F. The molecule has 0 saturated carbocycles. The Kier molecular flexibility index (Phi) is 5.10. The van der Waals surface area contributed by atoms with Gasteiger partial charge in [-0.25, -0.2) is 0 Å². The molecule has 0 aliphatic carbocycles. The van der Waals surface area contributed by atoms with Crippen LogP contribution >= 0.6 is 0 Å². The minimum Gasteiger partial charge on any atom is -0.377 e. The molecule has 3 nitrogen and oxygen atoms in total. The van der Waals surface area contributed by atoms with Crippen LogP contribution in [0.2, 0.25) is 0 Å². The van der Waals surface area contributed by atoms with Crippen LogP contribution in [-0.4, -0.2) is 17.7 Å². The van der Waals surface area contributed by atoms with Gasteiger partial charge in [0.15, 0.2) is 0 Å². The Balaban J connectivity index is 3.08. The molecule has 6 heteroatoms. The molecule has 0 radical (unpaired) electrons. The van der Waals surface area contributed by atoms with Crippen molar-refractivity contribution < 1.29 is 17.9 Å². The molecule has 0 amide bonds. The predicted molar refractivity (Wildman–Crippen MR) is 61.9 cm³/mol. The largest absolute Gasteiger partial charge is 0.416 e. The van der Waals surface area contributed by atoms with Crippen molar-refractivity contribution in [3.05, 3.63) is 29.6 Å². The number of alkyl halides is 3. The lowest BCUT2D eigenvalue weighted by molar-refractivity contribution is -0.138. The van der Waals surface area contributed by atoms with Crippen LogP contribution in [0.15, 0.2) is 18.5 Å². The summed E-state index contributed by atoms with van der Waals surface area (Å²) in [5.41, 5.74) is 5.10. The Morgan fingerprint density at radius 2 is 2.06 bits per heavy atom. The zero-order valence-electron chi connectivity index (χ0n) is 10.4. The first-order valence-electron chi connectivity index (χ1n) is 5.80. The molecule has 1 aromatic rings. The maximum absolute atomic E-state index is 12.8. The van der Waals surface area contributed by atoms with Gasteiger partial charge in [-0.1, -0.05) is 6.92 Å². The van der Waals surface area contributed by atoms with Crippen molar-refractivity contribution in [2.75, 3.05) is 6.61 Å². The summed E-state index contributed by atoms with van der Waals surface area (Å²) < 4.78 is 43.9. The Labute approximate surface area is 104 Å². The molecule has 2 N–H and O–H groups in total. The van der Waals surface area contributed by atoms with Crippen molar-refractivity contribution in [1.82, 2.24) is 4.98 Å². The number of ether oxygens (including phenoxy) is 1. The van der Waals surface area contributed by atoms with Crippen LogP contribution in [0.4, 0.5) is 13.2 Å². The summed E-state index contributed by atoms with van der Waals surface area (Å²) in [7, 11) is 0. The van der Waals surface area contributed by atoms with Gasteiger partial charge in [-0.3, -0.25) is 4.98 Å². The maximum Gasteiger partial charge on any atom is 0.416 e. The smallest absolute Gasteiger partial charge is 0.377 e. The molecule has 2 atom stereocenters. The van der Waals surface area contributed by atoms with Gasteiger partial charge < -0.3 is 10.5 Å². The molecule has 1 rings (SSSR count). The summed E-state index contributed by atoms with van der Waals surface area (Å²) in [6, 6.07) is 0.105. The molecule has 18 heavy (non-hydrogen) atoms. The Hall–Kier alpha value is -1.14. The summed E-state index contributed by atoms with van der Waals surface area (Å²) in [6.07, 6.45) is -2.06. The van der Waals surface area contributed by atoms with Gasteiger partial charge in [-0.15, -0.1) is 0 Å². The van der Waals surface area contributed by atoms with E-state index in [1.807, 2.05) is 6.92 Å². The number of hydrogen-bond donors (Lipinski definition) is 1.